The summed E-state index contributed by atoms with van der Waals surface area (Å²) in [6.45, 7) is 3.90. The molecule has 0 saturated carbocycles. The highest BCUT2D eigenvalue weighted by molar-refractivity contribution is 5.75. The van der Waals surface area contributed by atoms with Crippen LogP contribution in [0.2, 0.25) is 0 Å². The summed E-state index contributed by atoms with van der Waals surface area (Å²) in [4.78, 5) is 22.3. The Balaban J connectivity index is 2.29. The van der Waals surface area contributed by atoms with Gasteiger partial charge in [0.2, 0.25) is 0 Å². The summed E-state index contributed by atoms with van der Waals surface area (Å²) >= 11 is 0. The summed E-state index contributed by atoms with van der Waals surface area (Å²) in [5, 5.41) is 17.5. The van der Waals surface area contributed by atoms with E-state index in [9.17, 15) is 9.59 Å². The minimum absolute atomic E-state index is 0.0444. The fourth-order valence-electron chi connectivity index (χ4n) is 1.37. The van der Waals surface area contributed by atoms with Crippen molar-refractivity contribution in [2.75, 3.05) is 6.54 Å². The smallest absolute Gasteiger partial charge is 0.315 e. The van der Waals surface area contributed by atoms with Crippen LogP contribution in [0.4, 0.5) is 4.79 Å². The van der Waals surface area contributed by atoms with Crippen LogP contribution >= 0.6 is 0 Å². The number of carboxylic acid groups (broad SMARTS) is 1. The zero-order chi connectivity index (χ0) is 13.5. The van der Waals surface area contributed by atoms with E-state index in [4.69, 9.17) is 9.63 Å². The molecule has 1 aromatic rings. The van der Waals surface area contributed by atoms with E-state index in [0.717, 1.165) is 0 Å². The van der Waals surface area contributed by atoms with Crippen molar-refractivity contribution in [3.63, 3.8) is 0 Å². The number of carbonyl (C=O) groups excluding carboxylic acids is 1. The zero-order valence-corrected chi connectivity index (χ0v) is 10.3. The molecule has 1 rings (SSSR count). The second-order valence-corrected chi connectivity index (χ2v) is 4.23. The van der Waals surface area contributed by atoms with Gasteiger partial charge in [-0.25, -0.2) is 4.79 Å². The average Bonchev–Trinajstić information content (AvgIpc) is 2.78. The molecule has 1 aromatic heterocycles. The molecule has 100 valence electrons. The van der Waals surface area contributed by atoms with Gasteiger partial charge in [0.15, 0.2) is 5.76 Å². The van der Waals surface area contributed by atoms with Crippen molar-refractivity contribution in [1.29, 1.82) is 0 Å². The predicted molar refractivity (Wildman–Crippen MR) is 62.7 cm³/mol. The Bertz CT molecular complexity index is 389. The SMILES string of the molecule is CC(C)C(CNC(=O)NCc1ccno1)C(=O)O. The largest absolute Gasteiger partial charge is 0.481 e. The lowest BCUT2D eigenvalue weighted by Crippen LogP contribution is -2.40. The highest BCUT2D eigenvalue weighted by Crippen LogP contribution is 2.09. The number of amides is 2. The quantitative estimate of drug-likeness (QED) is 0.698. The van der Waals surface area contributed by atoms with Gasteiger partial charge in [-0.1, -0.05) is 19.0 Å². The Kier molecular flexibility index (Phi) is 5.16. The highest BCUT2D eigenvalue weighted by Gasteiger charge is 2.21. The molecule has 1 unspecified atom stereocenters. The Morgan fingerprint density at radius 2 is 2.17 bits per heavy atom. The molecule has 1 heterocycles. The molecule has 0 aliphatic heterocycles. The number of hydrogen-bond acceptors (Lipinski definition) is 4. The molecule has 0 bridgehead atoms. The van der Waals surface area contributed by atoms with Crippen molar-refractivity contribution >= 4 is 12.0 Å². The van der Waals surface area contributed by atoms with Crippen molar-refractivity contribution in [3.8, 4) is 0 Å². The number of carbonyl (C=O) groups is 2. The van der Waals surface area contributed by atoms with Gasteiger partial charge >= 0.3 is 12.0 Å². The van der Waals surface area contributed by atoms with Gasteiger partial charge in [-0.15, -0.1) is 0 Å². The topological polar surface area (TPSA) is 104 Å². The molecule has 0 aliphatic carbocycles. The number of aliphatic carboxylic acids is 1. The Morgan fingerprint density at radius 1 is 1.44 bits per heavy atom. The molecule has 1 atom stereocenters. The van der Waals surface area contributed by atoms with Crippen LogP contribution in [-0.4, -0.2) is 28.8 Å². The molecule has 18 heavy (non-hydrogen) atoms. The Labute approximate surface area is 105 Å². The van der Waals surface area contributed by atoms with Crippen molar-refractivity contribution < 1.29 is 19.2 Å². The van der Waals surface area contributed by atoms with Gasteiger partial charge in [-0.2, -0.15) is 0 Å². The van der Waals surface area contributed by atoms with E-state index in [2.05, 4.69) is 15.8 Å². The van der Waals surface area contributed by atoms with Crippen molar-refractivity contribution in [1.82, 2.24) is 15.8 Å². The summed E-state index contributed by atoms with van der Waals surface area (Å²) < 4.78 is 4.80. The van der Waals surface area contributed by atoms with Gasteiger partial charge in [0.1, 0.15) is 0 Å². The lowest BCUT2D eigenvalue weighted by molar-refractivity contribution is -0.142. The molecule has 0 radical (unpaired) electrons. The first-order valence-corrected chi connectivity index (χ1v) is 5.64. The maximum atomic E-state index is 11.4. The first-order chi connectivity index (χ1) is 8.50. The number of nitrogens with zero attached hydrogens (tertiary/aromatic N) is 1. The van der Waals surface area contributed by atoms with Crippen LogP contribution in [0.15, 0.2) is 16.8 Å². The third kappa shape index (κ3) is 4.44. The van der Waals surface area contributed by atoms with Crippen LogP contribution < -0.4 is 10.6 Å². The van der Waals surface area contributed by atoms with Gasteiger partial charge in [-0.05, 0) is 5.92 Å². The maximum absolute atomic E-state index is 11.4. The van der Waals surface area contributed by atoms with E-state index in [-0.39, 0.29) is 19.0 Å². The predicted octanol–water partition coefficient (Wildman–Crippen LogP) is 0.831. The van der Waals surface area contributed by atoms with Gasteiger partial charge in [-0.3, -0.25) is 4.79 Å². The van der Waals surface area contributed by atoms with Crippen molar-refractivity contribution in [2.24, 2.45) is 11.8 Å². The van der Waals surface area contributed by atoms with Crippen LogP contribution in [0.3, 0.4) is 0 Å². The molecule has 0 fully saturated rings. The molecule has 0 spiro atoms. The number of carboxylic acids is 1. The normalized spacial score (nSPS) is 12.2. The molecule has 0 aromatic carbocycles. The standard InChI is InChI=1S/C11H17N3O4/c1-7(2)9(10(15)16)6-13-11(17)12-5-8-3-4-14-18-8/h3-4,7,9H,5-6H2,1-2H3,(H,15,16)(H2,12,13,17). The second-order valence-electron chi connectivity index (χ2n) is 4.23. The van der Waals surface area contributed by atoms with E-state index < -0.39 is 17.9 Å². The second kappa shape index (κ2) is 6.63. The fourth-order valence-corrected chi connectivity index (χ4v) is 1.37. The summed E-state index contributed by atoms with van der Waals surface area (Å²) in [5.74, 6) is -1.03. The number of hydrogen-bond donors (Lipinski definition) is 3. The third-order valence-corrected chi connectivity index (χ3v) is 2.52. The first kappa shape index (κ1) is 14.0. The van der Waals surface area contributed by atoms with Crippen LogP contribution in [0.1, 0.15) is 19.6 Å². The van der Waals surface area contributed by atoms with E-state index in [1.807, 2.05) is 0 Å². The van der Waals surface area contributed by atoms with Gasteiger partial charge in [0, 0.05) is 12.6 Å². The van der Waals surface area contributed by atoms with Crippen molar-refractivity contribution in [3.05, 3.63) is 18.0 Å². The minimum Gasteiger partial charge on any atom is -0.481 e. The van der Waals surface area contributed by atoms with Gasteiger partial charge in [0.05, 0.1) is 18.7 Å². The average molecular weight is 255 g/mol. The molecular formula is C11H17N3O4. The molecule has 2 amide bonds. The third-order valence-electron chi connectivity index (χ3n) is 2.52. The van der Waals surface area contributed by atoms with Crippen LogP contribution in [-0.2, 0) is 11.3 Å². The summed E-state index contributed by atoms with van der Waals surface area (Å²) in [6, 6.07) is 1.20. The number of urea groups is 1. The minimum atomic E-state index is -0.916. The Hall–Kier alpha value is -2.05. The van der Waals surface area contributed by atoms with Gasteiger partial charge in [0.25, 0.3) is 0 Å². The fraction of sp³-hybridized carbons (Fsp3) is 0.545. The molecule has 3 N–H and O–H groups in total. The summed E-state index contributed by atoms with van der Waals surface area (Å²) in [5.41, 5.74) is 0. The van der Waals surface area contributed by atoms with Crippen LogP contribution in [0, 0.1) is 11.8 Å². The van der Waals surface area contributed by atoms with Gasteiger partial charge < -0.3 is 20.3 Å². The lowest BCUT2D eigenvalue weighted by Gasteiger charge is -2.16. The highest BCUT2D eigenvalue weighted by atomic mass is 16.5. The van der Waals surface area contributed by atoms with E-state index in [1.54, 1.807) is 19.9 Å². The lowest BCUT2D eigenvalue weighted by atomic mass is 9.96. The van der Waals surface area contributed by atoms with E-state index in [0.29, 0.717) is 5.76 Å². The molecular weight excluding hydrogens is 238 g/mol. The summed E-state index contributed by atoms with van der Waals surface area (Å²) in [7, 11) is 0. The molecule has 0 aliphatic rings. The molecule has 7 nitrogen and oxygen atoms in total. The number of rotatable bonds is 6. The monoisotopic (exact) mass is 255 g/mol. The number of aromatic nitrogens is 1. The molecule has 0 saturated heterocycles. The number of nitrogens with one attached hydrogen (secondary N) is 2. The van der Waals surface area contributed by atoms with E-state index in [1.165, 1.54) is 6.20 Å². The zero-order valence-electron chi connectivity index (χ0n) is 10.3. The van der Waals surface area contributed by atoms with E-state index >= 15 is 0 Å². The first-order valence-electron chi connectivity index (χ1n) is 5.64. The van der Waals surface area contributed by atoms with Crippen molar-refractivity contribution in [2.45, 2.75) is 20.4 Å². The summed E-state index contributed by atoms with van der Waals surface area (Å²) in [6.07, 6.45) is 1.48. The Morgan fingerprint density at radius 3 is 2.67 bits per heavy atom. The van der Waals surface area contributed by atoms with Crippen LogP contribution in [0.5, 0.6) is 0 Å². The van der Waals surface area contributed by atoms with Crippen LogP contribution in [0.25, 0.3) is 0 Å². The maximum Gasteiger partial charge on any atom is 0.315 e. The molecule has 7 heteroatoms.